The minimum atomic E-state index is 0.185. The molecule has 2 aromatic carbocycles. The lowest BCUT2D eigenvalue weighted by molar-refractivity contribution is 0.189. The van der Waals surface area contributed by atoms with Crippen molar-refractivity contribution in [2.45, 2.75) is 18.9 Å². The van der Waals surface area contributed by atoms with Crippen molar-refractivity contribution >= 4 is 10.8 Å². The Morgan fingerprint density at radius 1 is 1.17 bits per heavy atom. The highest BCUT2D eigenvalue weighted by molar-refractivity contribution is 5.83. The van der Waals surface area contributed by atoms with Crippen molar-refractivity contribution < 1.29 is 4.74 Å². The molecule has 0 saturated heterocycles. The summed E-state index contributed by atoms with van der Waals surface area (Å²) in [7, 11) is 1.72. The predicted molar refractivity (Wildman–Crippen MR) is 75.1 cm³/mol. The number of hydrogen-bond acceptors (Lipinski definition) is 3. The van der Waals surface area contributed by atoms with E-state index in [0.717, 1.165) is 19.4 Å². The molecule has 1 unspecified atom stereocenters. The maximum atomic E-state index is 5.64. The third-order valence-corrected chi connectivity index (χ3v) is 3.22. The lowest BCUT2D eigenvalue weighted by atomic mass is 9.99. The maximum Gasteiger partial charge on any atom is 0.0462 e. The number of fused-ring (bicyclic) bond motifs is 1. The van der Waals surface area contributed by atoms with Gasteiger partial charge in [0.1, 0.15) is 0 Å². The molecule has 0 aliphatic rings. The summed E-state index contributed by atoms with van der Waals surface area (Å²) in [5.74, 6) is 5.64. The van der Waals surface area contributed by atoms with Gasteiger partial charge in [0.25, 0.3) is 0 Å². The van der Waals surface area contributed by atoms with Gasteiger partial charge in [-0.3, -0.25) is 11.3 Å². The van der Waals surface area contributed by atoms with Crippen LogP contribution in [0.15, 0.2) is 42.5 Å². The first-order chi connectivity index (χ1) is 8.85. The molecule has 0 aliphatic heterocycles. The first-order valence-electron chi connectivity index (χ1n) is 6.29. The van der Waals surface area contributed by atoms with Crippen molar-refractivity contribution in [3.05, 3.63) is 48.0 Å². The highest BCUT2D eigenvalue weighted by Crippen LogP contribution is 2.22. The standard InChI is InChI=1S/C15H20N2O/c1-18-10-4-7-15(17-16)14-9-8-12-5-2-3-6-13(12)11-14/h2-3,5-6,8-9,11,15,17H,4,7,10,16H2,1H3. The molecule has 0 bridgehead atoms. The summed E-state index contributed by atoms with van der Waals surface area (Å²) in [6, 6.07) is 15.0. The van der Waals surface area contributed by atoms with Gasteiger partial charge in [-0.15, -0.1) is 0 Å². The largest absolute Gasteiger partial charge is 0.385 e. The zero-order chi connectivity index (χ0) is 12.8. The van der Waals surface area contributed by atoms with Crippen molar-refractivity contribution in [3.8, 4) is 0 Å². The van der Waals surface area contributed by atoms with Gasteiger partial charge in [-0.25, -0.2) is 0 Å². The van der Waals surface area contributed by atoms with Crippen LogP contribution < -0.4 is 11.3 Å². The smallest absolute Gasteiger partial charge is 0.0462 e. The third-order valence-electron chi connectivity index (χ3n) is 3.22. The number of rotatable bonds is 6. The summed E-state index contributed by atoms with van der Waals surface area (Å²) in [6.45, 7) is 0.770. The highest BCUT2D eigenvalue weighted by Gasteiger charge is 2.09. The summed E-state index contributed by atoms with van der Waals surface area (Å²) < 4.78 is 5.07. The number of nitrogens with two attached hydrogens (primary N) is 1. The van der Waals surface area contributed by atoms with Gasteiger partial charge < -0.3 is 4.74 Å². The molecular formula is C15H20N2O. The molecule has 0 spiro atoms. The van der Waals surface area contributed by atoms with E-state index in [-0.39, 0.29) is 6.04 Å². The van der Waals surface area contributed by atoms with Crippen molar-refractivity contribution in [2.75, 3.05) is 13.7 Å². The monoisotopic (exact) mass is 244 g/mol. The van der Waals surface area contributed by atoms with E-state index in [1.807, 2.05) is 0 Å². The Morgan fingerprint density at radius 2 is 1.94 bits per heavy atom. The summed E-state index contributed by atoms with van der Waals surface area (Å²) in [5.41, 5.74) is 4.12. The van der Waals surface area contributed by atoms with Crippen molar-refractivity contribution in [1.29, 1.82) is 0 Å². The lowest BCUT2D eigenvalue weighted by Gasteiger charge is -2.16. The molecule has 0 saturated carbocycles. The van der Waals surface area contributed by atoms with Crippen molar-refractivity contribution in [3.63, 3.8) is 0 Å². The van der Waals surface area contributed by atoms with Gasteiger partial charge >= 0.3 is 0 Å². The average Bonchev–Trinajstić information content (AvgIpc) is 2.43. The van der Waals surface area contributed by atoms with Crippen molar-refractivity contribution in [1.82, 2.24) is 5.43 Å². The number of methoxy groups -OCH3 is 1. The molecule has 3 N–H and O–H groups in total. The molecule has 0 aliphatic carbocycles. The van der Waals surface area contributed by atoms with Crippen LogP contribution in [0, 0.1) is 0 Å². The van der Waals surface area contributed by atoms with E-state index in [9.17, 15) is 0 Å². The van der Waals surface area contributed by atoms with Crippen LogP contribution >= 0.6 is 0 Å². The van der Waals surface area contributed by atoms with Gasteiger partial charge in [0, 0.05) is 19.8 Å². The van der Waals surface area contributed by atoms with Gasteiger partial charge in [0.05, 0.1) is 0 Å². The summed E-state index contributed by atoms with van der Waals surface area (Å²) in [5, 5.41) is 2.51. The fraction of sp³-hybridized carbons (Fsp3) is 0.333. The number of ether oxygens (including phenoxy) is 1. The minimum Gasteiger partial charge on any atom is -0.385 e. The SMILES string of the molecule is COCCCC(NN)c1ccc2ccccc2c1. The Kier molecular flexibility index (Phi) is 4.70. The normalized spacial score (nSPS) is 12.8. The molecule has 18 heavy (non-hydrogen) atoms. The average molecular weight is 244 g/mol. The minimum absolute atomic E-state index is 0.185. The molecule has 0 heterocycles. The van der Waals surface area contributed by atoms with E-state index in [1.165, 1.54) is 16.3 Å². The van der Waals surface area contributed by atoms with E-state index in [4.69, 9.17) is 10.6 Å². The topological polar surface area (TPSA) is 47.3 Å². The third kappa shape index (κ3) is 3.07. The van der Waals surface area contributed by atoms with Crippen LogP contribution in [-0.2, 0) is 4.74 Å². The fourth-order valence-electron chi connectivity index (χ4n) is 2.20. The fourth-order valence-corrected chi connectivity index (χ4v) is 2.20. The predicted octanol–water partition coefficient (Wildman–Crippen LogP) is 2.77. The Hall–Kier alpha value is -1.42. The van der Waals surface area contributed by atoms with E-state index >= 15 is 0 Å². The van der Waals surface area contributed by atoms with Crippen LogP contribution in [0.3, 0.4) is 0 Å². The molecule has 0 fully saturated rings. The highest BCUT2D eigenvalue weighted by atomic mass is 16.5. The van der Waals surface area contributed by atoms with Crippen LogP contribution in [0.4, 0.5) is 0 Å². The molecular weight excluding hydrogens is 224 g/mol. The molecule has 0 aromatic heterocycles. The van der Waals surface area contributed by atoms with Crippen LogP contribution in [-0.4, -0.2) is 13.7 Å². The van der Waals surface area contributed by atoms with Gasteiger partial charge in [-0.1, -0.05) is 36.4 Å². The van der Waals surface area contributed by atoms with Crippen molar-refractivity contribution in [2.24, 2.45) is 5.84 Å². The van der Waals surface area contributed by atoms with Gasteiger partial charge in [-0.2, -0.15) is 0 Å². The second-order valence-corrected chi connectivity index (χ2v) is 4.46. The van der Waals surface area contributed by atoms with E-state index in [2.05, 4.69) is 47.9 Å². The first-order valence-corrected chi connectivity index (χ1v) is 6.29. The number of nitrogens with one attached hydrogen (secondary N) is 1. The summed E-state index contributed by atoms with van der Waals surface area (Å²) in [6.07, 6.45) is 1.97. The molecule has 0 amide bonds. The molecule has 3 heteroatoms. The van der Waals surface area contributed by atoms with Crippen LogP contribution in [0.1, 0.15) is 24.4 Å². The van der Waals surface area contributed by atoms with Crippen LogP contribution in [0.2, 0.25) is 0 Å². The maximum absolute atomic E-state index is 5.64. The van der Waals surface area contributed by atoms with Crippen LogP contribution in [0.5, 0.6) is 0 Å². The molecule has 3 nitrogen and oxygen atoms in total. The molecule has 1 atom stereocenters. The molecule has 2 aromatic rings. The van der Waals surface area contributed by atoms with Gasteiger partial charge in [-0.05, 0) is 35.2 Å². The Balaban J connectivity index is 2.17. The Bertz CT molecular complexity index is 499. The van der Waals surface area contributed by atoms with E-state index < -0.39 is 0 Å². The van der Waals surface area contributed by atoms with E-state index in [1.54, 1.807) is 7.11 Å². The second-order valence-electron chi connectivity index (χ2n) is 4.46. The summed E-state index contributed by atoms with van der Waals surface area (Å²) >= 11 is 0. The quantitative estimate of drug-likeness (QED) is 0.466. The zero-order valence-corrected chi connectivity index (χ0v) is 10.7. The lowest BCUT2D eigenvalue weighted by Crippen LogP contribution is -2.28. The number of hydrogen-bond donors (Lipinski definition) is 2. The van der Waals surface area contributed by atoms with Crippen LogP contribution in [0.25, 0.3) is 10.8 Å². The Labute approximate surface area is 108 Å². The van der Waals surface area contributed by atoms with Gasteiger partial charge in [0.2, 0.25) is 0 Å². The number of hydrazine groups is 1. The van der Waals surface area contributed by atoms with Gasteiger partial charge in [0.15, 0.2) is 0 Å². The molecule has 96 valence electrons. The molecule has 2 rings (SSSR count). The van der Waals surface area contributed by atoms with E-state index in [0.29, 0.717) is 0 Å². The first kappa shape index (κ1) is 13.0. The zero-order valence-electron chi connectivity index (χ0n) is 10.7. The summed E-state index contributed by atoms with van der Waals surface area (Å²) in [4.78, 5) is 0. The molecule has 0 radical (unpaired) electrons. The number of benzene rings is 2. The second kappa shape index (κ2) is 6.50. The Morgan fingerprint density at radius 3 is 2.67 bits per heavy atom.